The number of hydrogen-bond donors (Lipinski definition) is 1. The van der Waals surface area contributed by atoms with Crippen LogP contribution in [0.3, 0.4) is 0 Å². The number of fused-ring (bicyclic) bond motifs is 1. The van der Waals surface area contributed by atoms with Gasteiger partial charge in [-0.25, -0.2) is 0 Å². The summed E-state index contributed by atoms with van der Waals surface area (Å²) in [5.41, 5.74) is 2.40. The summed E-state index contributed by atoms with van der Waals surface area (Å²) >= 11 is 0. The van der Waals surface area contributed by atoms with Crippen LogP contribution in [0.5, 0.6) is 5.75 Å². The zero-order valence-corrected chi connectivity index (χ0v) is 10.4. The van der Waals surface area contributed by atoms with Gasteiger partial charge < -0.3 is 9.84 Å². The first-order chi connectivity index (χ1) is 8.19. The molecule has 0 spiro atoms. The average Bonchev–Trinajstić information content (AvgIpc) is 2.96. The SMILES string of the molecule is CC1(C(O)c2ccc3c(c2)CCO3)CCCC1. The Morgan fingerprint density at radius 3 is 2.82 bits per heavy atom. The molecule has 0 saturated heterocycles. The van der Waals surface area contributed by atoms with E-state index < -0.39 is 0 Å². The third-order valence-electron chi connectivity index (χ3n) is 4.44. The quantitative estimate of drug-likeness (QED) is 0.848. The van der Waals surface area contributed by atoms with E-state index >= 15 is 0 Å². The van der Waals surface area contributed by atoms with E-state index in [9.17, 15) is 5.11 Å². The monoisotopic (exact) mass is 232 g/mol. The van der Waals surface area contributed by atoms with E-state index in [1.807, 2.05) is 12.1 Å². The Hall–Kier alpha value is -1.02. The van der Waals surface area contributed by atoms with Crippen LogP contribution in [0.1, 0.15) is 49.8 Å². The van der Waals surface area contributed by atoms with Gasteiger partial charge in [-0.3, -0.25) is 0 Å². The molecule has 1 aliphatic carbocycles. The minimum atomic E-state index is -0.323. The van der Waals surface area contributed by atoms with Crippen molar-refractivity contribution < 1.29 is 9.84 Å². The summed E-state index contributed by atoms with van der Waals surface area (Å²) in [6.45, 7) is 3.00. The van der Waals surface area contributed by atoms with Gasteiger partial charge in [0.05, 0.1) is 12.7 Å². The normalized spacial score (nSPS) is 23.2. The Balaban J connectivity index is 1.88. The van der Waals surface area contributed by atoms with E-state index in [0.717, 1.165) is 37.2 Å². The lowest BCUT2D eigenvalue weighted by atomic mass is 9.79. The van der Waals surface area contributed by atoms with E-state index in [4.69, 9.17) is 4.74 Å². The first-order valence-corrected chi connectivity index (χ1v) is 6.63. The number of benzene rings is 1. The minimum Gasteiger partial charge on any atom is -0.493 e. The van der Waals surface area contributed by atoms with Crippen molar-refractivity contribution in [1.82, 2.24) is 0 Å². The molecule has 1 unspecified atom stereocenters. The Bertz CT molecular complexity index is 419. The average molecular weight is 232 g/mol. The number of ether oxygens (including phenoxy) is 1. The second-order valence-electron chi connectivity index (χ2n) is 5.73. The predicted molar refractivity (Wildman–Crippen MR) is 67.2 cm³/mol. The largest absolute Gasteiger partial charge is 0.493 e. The Morgan fingerprint density at radius 1 is 1.29 bits per heavy atom. The van der Waals surface area contributed by atoms with Crippen LogP contribution in [-0.2, 0) is 6.42 Å². The maximum Gasteiger partial charge on any atom is 0.122 e. The van der Waals surface area contributed by atoms with Crippen LogP contribution in [0.15, 0.2) is 18.2 Å². The predicted octanol–water partition coefficient (Wildman–Crippen LogP) is 3.24. The van der Waals surface area contributed by atoms with Crippen molar-refractivity contribution in [3.05, 3.63) is 29.3 Å². The van der Waals surface area contributed by atoms with Gasteiger partial charge in [0.2, 0.25) is 0 Å². The highest BCUT2D eigenvalue weighted by Gasteiger charge is 2.37. The summed E-state index contributed by atoms with van der Waals surface area (Å²) in [6, 6.07) is 6.17. The zero-order valence-electron chi connectivity index (χ0n) is 10.4. The third kappa shape index (κ3) is 1.85. The molecular weight excluding hydrogens is 212 g/mol. The molecule has 1 N–H and O–H groups in total. The molecule has 0 amide bonds. The molecule has 2 nitrogen and oxygen atoms in total. The molecule has 1 atom stereocenters. The summed E-state index contributed by atoms with van der Waals surface area (Å²) in [5.74, 6) is 0.998. The Labute approximate surface area is 103 Å². The zero-order chi connectivity index (χ0) is 11.9. The first-order valence-electron chi connectivity index (χ1n) is 6.63. The molecule has 0 radical (unpaired) electrons. The van der Waals surface area contributed by atoms with Crippen molar-refractivity contribution in [3.63, 3.8) is 0 Å². The number of aliphatic hydroxyl groups is 1. The summed E-state index contributed by atoms with van der Waals surface area (Å²) in [6.07, 6.45) is 5.44. The van der Waals surface area contributed by atoms with Gasteiger partial charge in [-0.15, -0.1) is 0 Å². The lowest BCUT2D eigenvalue weighted by Gasteiger charge is -2.30. The third-order valence-corrected chi connectivity index (χ3v) is 4.44. The Morgan fingerprint density at radius 2 is 2.06 bits per heavy atom. The van der Waals surface area contributed by atoms with Crippen molar-refractivity contribution >= 4 is 0 Å². The maximum atomic E-state index is 10.6. The van der Waals surface area contributed by atoms with Crippen molar-refractivity contribution in [2.45, 2.75) is 45.1 Å². The van der Waals surface area contributed by atoms with E-state index in [-0.39, 0.29) is 11.5 Å². The van der Waals surface area contributed by atoms with Crippen LogP contribution < -0.4 is 4.74 Å². The van der Waals surface area contributed by atoms with Crippen molar-refractivity contribution in [2.24, 2.45) is 5.41 Å². The highest BCUT2D eigenvalue weighted by Crippen LogP contribution is 2.47. The molecule has 0 bridgehead atoms. The van der Waals surface area contributed by atoms with E-state index in [1.54, 1.807) is 0 Å². The fourth-order valence-corrected chi connectivity index (χ4v) is 3.24. The Kier molecular flexibility index (Phi) is 2.62. The van der Waals surface area contributed by atoms with Gasteiger partial charge in [-0.05, 0) is 41.5 Å². The summed E-state index contributed by atoms with van der Waals surface area (Å²) in [4.78, 5) is 0. The van der Waals surface area contributed by atoms with Crippen LogP contribution in [0.4, 0.5) is 0 Å². The van der Waals surface area contributed by atoms with E-state index in [0.29, 0.717) is 0 Å². The van der Waals surface area contributed by atoms with Gasteiger partial charge >= 0.3 is 0 Å². The summed E-state index contributed by atoms with van der Waals surface area (Å²) in [5, 5.41) is 10.6. The van der Waals surface area contributed by atoms with Gasteiger partial charge in [0.1, 0.15) is 5.75 Å². The fourth-order valence-electron chi connectivity index (χ4n) is 3.24. The van der Waals surface area contributed by atoms with Crippen LogP contribution in [0, 0.1) is 5.41 Å². The molecule has 1 aromatic rings. The molecule has 1 saturated carbocycles. The highest BCUT2D eigenvalue weighted by molar-refractivity contribution is 5.40. The molecular formula is C15H20O2. The standard InChI is InChI=1S/C15H20O2/c1-15(7-2-3-8-15)14(16)12-4-5-13-11(10-12)6-9-17-13/h4-5,10,14,16H,2-3,6-9H2,1H3. The molecule has 2 aliphatic rings. The van der Waals surface area contributed by atoms with Crippen LogP contribution in [-0.4, -0.2) is 11.7 Å². The second kappa shape index (κ2) is 4.02. The minimum absolute atomic E-state index is 0.0771. The highest BCUT2D eigenvalue weighted by atomic mass is 16.5. The molecule has 1 fully saturated rings. The smallest absolute Gasteiger partial charge is 0.122 e. The van der Waals surface area contributed by atoms with Gasteiger partial charge in [0, 0.05) is 6.42 Å². The second-order valence-corrected chi connectivity index (χ2v) is 5.73. The molecule has 17 heavy (non-hydrogen) atoms. The van der Waals surface area contributed by atoms with Crippen molar-refractivity contribution in [3.8, 4) is 5.75 Å². The van der Waals surface area contributed by atoms with Gasteiger partial charge in [-0.2, -0.15) is 0 Å². The van der Waals surface area contributed by atoms with E-state index in [2.05, 4.69) is 13.0 Å². The molecule has 1 heterocycles. The first kappa shape index (κ1) is 11.1. The number of hydrogen-bond acceptors (Lipinski definition) is 2. The van der Waals surface area contributed by atoms with Crippen LogP contribution in [0.2, 0.25) is 0 Å². The van der Waals surface area contributed by atoms with Gasteiger partial charge in [-0.1, -0.05) is 25.8 Å². The fraction of sp³-hybridized carbons (Fsp3) is 0.600. The van der Waals surface area contributed by atoms with Crippen LogP contribution >= 0.6 is 0 Å². The number of rotatable bonds is 2. The molecule has 1 aliphatic heterocycles. The summed E-state index contributed by atoms with van der Waals surface area (Å²) in [7, 11) is 0. The van der Waals surface area contributed by atoms with Gasteiger partial charge in [0.15, 0.2) is 0 Å². The van der Waals surface area contributed by atoms with Gasteiger partial charge in [0.25, 0.3) is 0 Å². The van der Waals surface area contributed by atoms with E-state index in [1.165, 1.54) is 18.4 Å². The number of aliphatic hydroxyl groups excluding tert-OH is 1. The molecule has 3 rings (SSSR count). The van der Waals surface area contributed by atoms with Crippen LogP contribution in [0.25, 0.3) is 0 Å². The lowest BCUT2D eigenvalue weighted by molar-refractivity contribution is 0.0408. The van der Waals surface area contributed by atoms with Crippen molar-refractivity contribution in [2.75, 3.05) is 6.61 Å². The summed E-state index contributed by atoms with van der Waals surface area (Å²) < 4.78 is 5.50. The lowest BCUT2D eigenvalue weighted by Crippen LogP contribution is -2.22. The molecule has 1 aromatic carbocycles. The van der Waals surface area contributed by atoms with Crippen molar-refractivity contribution in [1.29, 1.82) is 0 Å². The topological polar surface area (TPSA) is 29.5 Å². The molecule has 2 heteroatoms. The molecule has 0 aromatic heterocycles. The molecule has 92 valence electrons. The maximum absolute atomic E-state index is 10.6.